The van der Waals surface area contributed by atoms with Gasteiger partial charge in [0.1, 0.15) is 0 Å². The predicted octanol–water partition coefficient (Wildman–Crippen LogP) is 2.33. The van der Waals surface area contributed by atoms with Crippen molar-refractivity contribution in [2.45, 2.75) is 39.2 Å². The van der Waals surface area contributed by atoms with Gasteiger partial charge in [0.2, 0.25) is 0 Å². The summed E-state index contributed by atoms with van der Waals surface area (Å²) in [6, 6.07) is 5.95. The van der Waals surface area contributed by atoms with E-state index in [1.807, 2.05) is 24.4 Å². The van der Waals surface area contributed by atoms with Gasteiger partial charge in [-0.2, -0.15) is 0 Å². The maximum absolute atomic E-state index is 4.63. The molecule has 1 heterocycles. The van der Waals surface area contributed by atoms with Gasteiger partial charge < -0.3 is 10.6 Å². The molecule has 0 aliphatic heterocycles. The van der Waals surface area contributed by atoms with Gasteiger partial charge >= 0.3 is 0 Å². The maximum Gasteiger partial charge on any atom is 0.191 e. The molecule has 2 fully saturated rings. The van der Waals surface area contributed by atoms with Crippen LogP contribution in [0.1, 0.15) is 38.3 Å². The molecule has 4 nitrogen and oxygen atoms in total. The van der Waals surface area contributed by atoms with E-state index in [1.165, 1.54) is 25.7 Å². The molecule has 1 aromatic rings. The summed E-state index contributed by atoms with van der Waals surface area (Å²) < 4.78 is 0. The van der Waals surface area contributed by atoms with Gasteiger partial charge in [-0.05, 0) is 56.1 Å². The van der Waals surface area contributed by atoms with Gasteiger partial charge in [-0.25, -0.2) is 4.99 Å². The molecule has 2 saturated carbocycles. The van der Waals surface area contributed by atoms with Crippen LogP contribution in [0.15, 0.2) is 29.4 Å². The van der Waals surface area contributed by atoms with Crippen LogP contribution >= 0.6 is 0 Å². The van der Waals surface area contributed by atoms with E-state index >= 15 is 0 Å². The third-order valence-corrected chi connectivity index (χ3v) is 4.41. The number of aromatic nitrogens is 1. The summed E-state index contributed by atoms with van der Waals surface area (Å²) in [6.45, 7) is 4.70. The molecular formula is C16H24N4. The summed E-state index contributed by atoms with van der Waals surface area (Å²) in [5, 5.41) is 6.85. The van der Waals surface area contributed by atoms with Crippen LogP contribution in [0.3, 0.4) is 0 Å². The fourth-order valence-electron chi connectivity index (χ4n) is 2.84. The largest absolute Gasteiger partial charge is 0.357 e. The van der Waals surface area contributed by atoms with Crippen LogP contribution in [0, 0.1) is 11.3 Å². The minimum Gasteiger partial charge on any atom is -0.357 e. The molecule has 2 N–H and O–H groups in total. The molecule has 1 aromatic heterocycles. The summed E-state index contributed by atoms with van der Waals surface area (Å²) in [6.07, 6.45) is 7.47. The monoisotopic (exact) mass is 272 g/mol. The van der Waals surface area contributed by atoms with E-state index < -0.39 is 0 Å². The smallest absolute Gasteiger partial charge is 0.191 e. The van der Waals surface area contributed by atoms with Crippen molar-refractivity contribution in [2.75, 3.05) is 13.1 Å². The van der Waals surface area contributed by atoms with Crippen LogP contribution < -0.4 is 10.6 Å². The van der Waals surface area contributed by atoms with Gasteiger partial charge in [0.25, 0.3) is 0 Å². The van der Waals surface area contributed by atoms with E-state index in [9.17, 15) is 0 Å². The van der Waals surface area contributed by atoms with Gasteiger partial charge in [0.15, 0.2) is 5.96 Å². The lowest BCUT2D eigenvalue weighted by Gasteiger charge is -2.17. The van der Waals surface area contributed by atoms with E-state index in [2.05, 4.69) is 27.5 Å². The molecule has 4 heteroatoms. The quantitative estimate of drug-likeness (QED) is 0.617. The first kappa shape index (κ1) is 13.4. The topological polar surface area (TPSA) is 49.3 Å². The second kappa shape index (κ2) is 5.81. The lowest BCUT2D eigenvalue weighted by atomic mass is 10.0. The standard InChI is InChI=1S/C16H24N4/c1-2-17-15(19-11-14-5-3-4-10-18-14)20-12-16(8-9-16)13-6-7-13/h3-5,10,13H,2,6-9,11-12H2,1H3,(H2,17,19,20). The SMILES string of the molecule is CCNC(=NCc1ccccn1)NCC1(C2CC2)CC1. The lowest BCUT2D eigenvalue weighted by molar-refractivity contribution is 0.431. The van der Waals surface area contributed by atoms with Gasteiger partial charge in [0.05, 0.1) is 12.2 Å². The number of guanidine groups is 1. The first-order valence-electron chi connectivity index (χ1n) is 7.74. The van der Waals surface area contributed by atoms with Crippen LogP contribution in [0.5, 0.6) is 0 Å². The zero-order valence-electron chi connectivity index (χ0n) is 12.2. The van der Waals surface area contributed by atoms with E-state index in [-0.39, 0.29) is 0 Å². The van der Waals surface area contributed by atoms with Gasteiger partial charge in [-0.15, -0.1) is 0 Å². The zero-order chi connectivity index (χ0) is 13.8. The second-order valence-electron chi connectivity index (χ2n) is 6.01. The fourth-order valence-corrected chi connectivity index (χ4v) is 2.84. The van der Waals surface area contributed by atoms with Crippen LogP contribution in [0.2, 0.25) is 0 Å². The average molecular weight is 272 g/mol. The van der Waals surface area contributed by atoms with Crippen molar-refractivity contribution in [1.29, 1.82) is 0 Å². The Balaban J connectivity index is 1.54. The number of rotatable bonds is 6. The lowest BCUT2D eigenvalue weighted by Crippen LogP contribution is -2.40. The Morgan fingerprint density at radius 3 is 2.80 bits per heavy atom. The summed E-state index contributed by atoms with van der Waals surface area (Å²) in [5.41, 5.74) is 1.61. The van der Waals surface area contributed by atoms with Crippen LogP contribution in [0.25, 0.3) is 0 Å². The highest BCUT2D eigenvalue weighted by molar-refractivity contribution is 5.79. The Hall–Kier alpha value is -1.58. The van der Waals surface area contributed by atoms with Crippen molar-refractivity contribution in [3.63, 3.8) is 0 Å². The molecule has 20 heavy (non-hydrogen) atoms. The molecule has 2 aliphatic carbocycles. The maximum atomic E-state index is 4.63. The Morgan fingerprint density at radius 1 is 1.35 bits per heavy atom. The fraction of sp³-hybridized carbons (Fsp3) is 0.625. The molecule has 108 valence electrons. The second-order valence-corrected chi connectivity index (χ2v) is 6.01. The number of pyridine rings is 1. The number of hydrogen-bond donors (Lipinski definition) is 2. The van der Waals surface area contributed by atoms with Crippen molar-refractivity contribution in [1.82, 2.24) is 15.6 Å². The van der Waals surface area contributed by atoms with Gasteiger partial charge in [-0.3, -0.25) is 4.98 Å². The molecule has 0 spiro atoms. The number of nitrogens with one attached hydrogen (secondary N) is 2. The minimum absolute atomic E-state index is 0.598. The molecule has 2 aliphatic rings. The zero-order valence-corrected chi connectivity index (χ0v) is 12.2. The van der Waals surface area contributed by atoms with Crippen molar-refractivity contribution in [2.24, 2.45) is 16.3 Å². The van der Waals surface area contributed by atoms with E-state index in [0.717, 1.165) is 30.7 Å². The van der Waals surface area contributed by atoms with E-state index in [0.29, 0.717) is 12.0 Å². The van der Waals surface area contributed by atoms with Gasteiger partial charge in [0, 0.05) is 19.3 Å². The summed E-state index contributed by atoms with van der Waals surface area (Å²) in [5.74, 6) is 1.90. The van der Waals surface area contributed by atoms with Crippen LogP contribution in [0.4, 0.5) is 0 Å². The molecule has 3 rings (SSSR count). The molecule has 0 radical (unpaired) electrons. The molecule has 0 atom stereocenters. The van der Waals surface area contributed by atoms with Crippen molar-refractivity contribution in [3.05, 3.63) is 30.1 Å². The van der Waals surface area contributed by atoms with Crippen molar-refractivity contribution < 1.29 is 0 Å². The summed E-state index contributed by atoms with van der Waals surface area (Å²) >= 11 is 0. The first-order valence-corrected chi connectivity index (χ1v) is 7.74. The van der Waals surface area contributed by atoms with Crippen molar-refractivity contribution in [3.8, 4) is 0 Å². The molecule has 0 bridgehead atoms. The van der Waals surface area contributed by atoms with E-state index in [4.69, 9.17) is 0 Å². The number of nitrogens with zero attached hydrogens (tertiary/aromatic N) is 2. The third kappa shape index (κ3) is 3.30. The highest BCUT2D eigenvalue weighted by Crippen LogP contribution is 2.60. The number of hydrogen-bond acceptors (Lipinski definition) is 2. The van der Waals surface area contributed by atoms with E-state index in [1.54, 1.807) is 0 Å². The molecular weight excluding hydrogens is 248 g/mol. The highest BCUT2D eigenvalue weighted by atomic mass is 15.2. The highest BCUT2D eigenvalue weighted by Gasteiger charge is 2.53. The van der Waals surface area contributed by atoms with Gasteiger partial charge in [-0.1, -0.05) is 6.07 Å². The molecule has 0 aromatic carbocycles. The first-order chi connectivity index (χ1) is 9.82. The Morgan fingerprint density at radius 2 is 2.20 bits per heavy atom. The Kier molecular flexibility index (Phi) is 3.90. The molecule has 0 saturated heterocycles. The normalized spacial score (nSPS) is 20.6. The molecule has 0 unspecified atom stereocenters. The Labute approximate surface area is 121 Å². The Bertz CT molecular complexity index is 461. The van der Waals surface area contributed by atoms with Crippen LogP contribution in [-0.2, 0) is 6.54 Å². The molecule has 0 amide bonds. The number of aliphatic imine (C=N–C) groups is 1. The minimum atomic E-state index is 0.598. The summed E-state index contributed by atoms with van der Waals surface area (Å²) in [7, 11) is 0. The predicted molar refractivity (Wildman–Crippen MR) is 81.4 cm³/mol. The van der Waals surface area contributed by atoms with Crippen molar-refractivity contribution >= 4 is 5.96 Å². The average Bonchev–Trinajstić information content (AvgIpc) is 3.36. The van der Waals surface area contributed by atoms with Crippen LogP contribution in [-0.4, -0.2) is 24.0 Å². The third-order valence-electron chi connectivity index (χ3n) is 4.41. The summed E-state index contributed by atoms with van der Waals surface area (Å²) in [4.78, 5) is 8.93.